The van der Waals surface area contributed by atoms with Crippen molar-refractivity contribution in [2.45, 2.75) is 50.6 Å². The number of nitrogens with zero attached hydrogens (tertiary/aromatic N) is 2. The Morgan fingerprint density at radius 3 is 2.64 bits per heavy atom. The second-order valence-electron chi connectivity index (χ2n) is 7.42. The highest BCUT2D eigenvalue weighted by Crippen LogP contribution is 2.36. The van der Waals surface area contributed by atoms with Gasteiger partial charge in [0.2, 0.25) is 0 Å². The van der Waals surface area contributed by atoms with Crippen molar-refractivity contribution in [3.8, 4) is 0 Å². The second-order valence-corrected chi connectivity index (χ2v) is 7.42. The number of rotatable bonds is 4. The predicted molar refractivity (Wildman–Crippen MR) is 100 cm³/mol. The van der Waals surface area contributed by atoms with Gasteiger partial charge in [-0.2, -0.15) is 0 Å². The fourth-order valence-electron chi connectivity index (χ4n) is 4.14. The third-order valence-electron chi connectivity index (χ3n) is 5.68. The number of anilines is 1. The van der Waals surface area contributed by atoms with Crippen LogP contribution in [0.3, 0.4) is 0 Å². The number of piperidine rings is 1. The molecule has 2 aromatic rings. The third-order valence-corrected chi connectivity index (χ3v) is 5.68. The van der Waals surface area contributed by atoms with E-state index >= 15 is 0 Å². The number of aryl methyl sites for hydroxylation is 1. The van der Waals surface area contributed by atoms with Crippen LogP contribution in [0, 0.1) is 6.92 Å². The zero-order valence-electron chi connectivity index (χ0n) is 14.7. The van der Waals surface area contributed by atoms with E-state index in [-0.39, 0.29) is 5.56 Å². The van der Waals surface area contributed by atoms with E-state index in [0.717, 1.165) is 31.6 Å². The molecule has 2 N–H and O–H groups in total. The molecule has 5 nitrogen and oxygen atoms in total. The van der Waals surface area contributed by atoms with Gasteiger partial charge in [-0.05, 0) is 44.2 Å². The van der Waals surface area contributed by atoms with Crippen LogP contribution in [0.5, 0.6) is 0 Å². The molecule has 1 aromatic carbocycles. The average molecular weight is 338 g/mol. The summed E-state index contributed by atoms with van der Waals surface area (Å²) >= 11 is 0. The lowest BCUT2D eigenvalue weighted by atomic mass is 9.77. The summed E-state index contributed by atoms with van der Waals surface area (Å²) in [6, 6.07) is 11.5. The van der Waals surface area contributed by atoms with Crippen LogP contribution in [0.1, 0.15) is 42.9 Å². The number of nitrogens with one attached hydrogen (secondary N) is 2. The molecule has 0 amide bonds. The van der Waals surface area contributed by atoms with E-state index < -0.39 is 0 Å². The number of hydrogen-bond acceptors (Lipinski definition) is 4. The Bertz CT molecular complexity index is 773. The maximum Gasteiger partial charge on any atom is 0.250 e. The molecule has 2 fully saturated rings. The largest absolute Gasteiger partial charge is 0.371 e. The van der Waals surface area contributed by atoms with Crippen molar-refractivity contribution < 1.29 is 0 Å². The highest BCUT2D eigenvalue weighted by atomic mass is 16.1. The van der Waals surface area contributed by atoms with Gasteiger partial charge in [0, 0.05) is 42.8 Å². The summed E-state index contributed by atoms with van der Waals surface area (Å²) in [6.45, 7) is 4.43. The quantitative estimate of drug-likeness (QED) is 0.899. The Morgan fingerprint density at radius 2 is 1.92 bits per heavy atom. The fourth-order valence-corrected chi connectivity index (χ4v) is 4.14. The fraction of sp³-hybridized carbons (Fsp3) is 0.500. The van der Waals surface area contributed by atoms with E-state index in [0.29, 0.717) is 18.0 Å². The Balaban J connectivity index is 1.25. The van der Waals surface area contributed by atoms with Gasteiger partial charge in [-0.3, -0.25) is 4.79 Å². The van der Waals surface area contributed by atoms with Gasteiger partial charge in [0.15, 0.2) is 0 Å². The summed E-state index contributed by atoms with van der Waals surface area (Å²) in [4.78, 5) is 20.8. The number of para-hydroxylation sites is 1. The summed E-state index contributed by atoms with van der Waals surface area (Å²) in [6.07, 6.45) is 6.08. The molecular weight excluding hydrogens is 312 g/mol. The van der Waals surface area contributed by atoms with Gasteiger partial charge in [-0.25, -0.2) is 4.98 Å². The molecule has 0 spiro atoms. The minimum atomic E-state index is -0.0509. The second kappa shape index (κ2) is 7.00. The van der Waals surface area contributed by atoms with Crippen molar-refractivity contribution in [3.05, 3.63) is 58.3 Å². The van der Waals surface area contributed by atoms with Crippen molar-refractivity contribution in [1.82, 2.24) is 15.3 Å². The lowest BCUT2D eigenvalue weighted by Crippen LogP contribution is -2.50. The molecule has 0 radical (unpaired) electrons. The Kier molecular flexibility index (Phi) is 4.57. The Morgan fingerprint density at radius 1 is 1.16 bits per heavy atom. The third kappa shape index (κ3) is 3.61. The monoisotopic (exact) mass is 338 g/mol. The normalized spacial score (nSPS) is 24.1. The van der Waals surface area contributed by atoms with Crippen molar-refractivity contribution in [2.75, 3.05) is 18.0 Å². The zero-order valence-corrected chi connectivity index (χ0v) is 14.7. The number of benzene rings is 1. The molecule has 2 aliphatic rings. The average Bonchev–Trinajstić information content (AvgIpc) is 2.59. The van der Waals surface area contributed by atoms with E-state index in [9.17, 15) is 4.79 Å². The molecule has 0 unspecified atom stereocenters. The molecule has 1 aliphatic carbocycles. The number of H-pyrrole nitrogens is 1. The molecule has 1 saturated carbocycles. The first-order valence-electron chi connectivity index (χ1n) is 9.30. The molecule has 132 valence electrons. The summed E-state index contributed by atoms with van der Waals surface area (Å²) in [5.41, 5.74) is 3.63. The van der Waals surface area contributed by atoms with E-state index in [1.807, 2.05) is 0 Å². The van der Waals surface area contributed by atoms with Crippen LogP contribution in [0.4, 0.5) is 5.69 Å². The van der Waals surface area contributed by atoms with E-state index in [1.54, 1.807) is 6.07 Å². The van der Waals surface area contributed by atoms with Crippen molar-refractivity contribution in [2.24, 2.45) is 0 Å². The smallest absolute Gasteiger partial charge is 0.250 e. The molecule has 1 saturated heterocycles. The van der Waals surface area contributed by atoms with Crippen LogP contribution < -0.4 is 15.8 Å². The highest BCUT2D eigenvalue weighted by molar-refractivity contribution is 5.53. The number of aromatic amines is 1. The van der Waals surface area contributed by atoms with Crippen LogP contribution in [-0.2, 0) is 0 Å². The van der Waals surface area contributed by atoms with Gasteiger partial charge in [-0.1, -0.05) is 18.2 Å². The maximum atomic E-state index is 11.4. The van der Waals surface area contributed by atoms with Crippen LogP contribution in [0.2, 0.25) is 0 Å². The van der Waals surface area contributed by atoms with E-state index in [2.05, 4.69) is 51.4 Å². The SMILES string of the molecule is Cc1ccccc1N1CCC(NC2CC(c3cc(=O)[nH]cn3)C2)CC1. The van der Waals surface area contributed by atoms with Crippen molar-refractivity contribution in [1.29, 1.82) is 0 Å². The van der Waals surface area contributed by atoms with Gasteiger partial charge < -0.3 is 15.2 Å². The van der Waals surface area contributed by atoms with Gasteiger partial charge in [0.25, 0.3) is 5.56 Å². The molecule has 0 bridgehead atoms. The first kappa shape index (κ1) is 16.3. The molecule has 25 heavy (non-hydrogen) atoms. The topological polar surface area (TPSA) is 61.0 Å². The lowest BCUT2D eigenvalue weighted by molar-refractivity contribution is 0.244. The molecule has 0 atom stereocenters. The minimum absolute atomic E-state index is 0.0509. The summed E-state index contributed by atoms with van der Waals surface area (Å²) in [5, 5.41) is 3.82. The molecule has 1 aromatic heterocycles. The molecule has 1 aliphatic heterocycles. The first-order valence-corrected chi connectivity index (χ1v) is 9.30. The Labute approximate surface area is 148 Å². The van der Waals surface area contributed by atoms with Crippen LogP contribution >= 0.6 is 0 Å². The Hall–Kier alpha value is -2.14. The predicted octanol–water partition coefficient (Wildman–Crippen LogP) is 2.58. The summed E-state index contributed by atoms with van der Waals surface area (Å²) < 4.78 is 0. The van der Waals surface area contributed by atoms with Gasteiger partial charge in [-0.15, -0.1) is 0 Å². The molecule has 4 rings (SSSR count). The summed E-state index contributed by atoms with van der Waals surface area (Å²) in [7, 11) is 0. The van der Waals surface area contributed by atoms with Gasteiger partial charge in [0.1, 0.15) is 0 Å². The van der Waals surface area contributed by atoms with Crippen LogP contribution in [0.15, 0.2) is 41.5 Å². The summed E-state index contributed by atoms with van der Waals surface area (Å²) in [5.74, 6) is 0.437. The zero-order chi connectivity index (χ0) is 17.2. The maximum absolute atomic E-state index is 11.4. The highest BCUT2D eigenvalue weighted by Gasteiger charge is 2.33. The van der Waals surface area contributed by atoms with E-state index in [1.165, 1.54) is 30.4 Å². The van der Waals surface area contributed by atoms with E-state index in [4.69, 9.17) is 0 Å². The number of hydrogen-bond donors (Lipinski definition) is 2. The van der Waals surface area contributed by atoms with Gasteiger partial charge >= 0.3 is 0 Å². The minimum Gasteiger partial charge on any atom is -0.371 e. The van der Waals surface area contributed by atoms with Crippen LogP contribution in [-0.4, -0.2) is 35.1 Å². The molecule has 5 heteroatoms. The molecular formula is C20H26N4O. The van der Waals surface area contributed by atoms with Crippen molar-refractivity contribution in [3.63, 3.8) is 0 Å². The van der Waals surface area contributed by atoms with Crippen molar-refractivity contribution >= 4 is 5.69 Å². The lowest BCUT2D eigenvalue weighted by Gasteiger charge is -2.41. The first-order chi connectivity index (χ1) is 12.2. The number of aromatic nitrogens is 2. The van der Waals surface area contributed by atoms with Crippen LogP contribution in [0.25, 0.3) is 0 Å². The molecule has 2 heterocycles. The van der Waals surface area contributed by atoms with Gasteiger partial charge in [0.05, 0.1) is 12.0 Å². The standard InChI is InChI=1S/C20H26N4O/c1-14-4-2-3-5-19(14)24-8-6-16(7-9-24)23-17-10-15(11-17)18-12-20(25)22-13-21-18/h2-5,12-13,15-17,23H,6-11H2,1H3,(H,21,22,25).